The van der Waals surface area contributed by atoms with E-state index in [1.54, 1.807) is 11.8 Å². The minimum absolute atomic E-state index is 0.833. The van der Waals surface area contributed by atoms with Gasteiger partial charge in [-0.15, -0.1) is 0 Å². The lowest BCUT2D eigenvalue weighted by Gasteiger charge is -2.18. The summed E-state index contributed by atoms with van der Waals surface area (Å²) in [5.41, 5.74) is 4.51. The van der Waals surface area contributed by atoms with Crippen molar-refractivity contribution >= 4 is 51.0 Å². The maximum atomic E-state index is 5.10. The number of para-hydroxylation sites is 1. The number of aromatic nitrogens is 1. The van der Waals surface area contributed by atoms with E-state index in [4.69, 9.17) is 4.99 Å². The number of pyridine rings is 1. The van der Waals surface area contributed by atoms with Crippen molar-refractivity contribution in [2.24, 2.45) is 4.99 Å². The van der Waals surface area contributed by atoms with Gasteiger partial charge in [0, 0.05) is 35.0 Å². The number of benzene rings is 3. The van der Waals surface area contributed by atoms with Gasteiger partial charge in [-0.1, -0.05) is 72.1 Å². The fourth-order valence-corrected chi connectivity index (χ4v) is 6.57. The molecule has 4 nitrogen and oxygen atoms in total. The fourth-order valence-electron chi connectivity index (χ4n) is 4.17. The third-order valence-corrected chi connectivity index (χ3v) is 8.33. The van der Waals surface area contributed by atoms with Gasteiger partial charge in [0.25, 0.3) is 0 Å². The van der Waals surface area contributed by atoms with Gasteiger partial charge in [0.15, 0.2) is 5.17 Å². The van der Waals surface area contributed by atoms with Crippen LogP contribution in [0.5, 0.6) is 0 Å². The lowest BCUT2D eigenvalue weighted by molar-refractivity contribution is 0.469. The molecule has 0 aliphatic carbocycles. The number of nitrogens with zero attached hydrogens (tertiary/aromatic N) is 4. The molecule has 3 aromatic carbocycles. The maximum Gasteiger partial charge on any atom is 0.169 e. The smallest absolute Gasteiger partial charge is 0.169 e. The van der Waals surface area contributed by atoms with Crippen LogP contribution in [0.25, 0.3) is 10.9 Å². The Balaban J connectivity index is 1.37. The van der Waals surface area contributed by atoms with Crippen molar-refractivity contribution in [1.29, 1.82) is 0 Å². The first-order valence-electron chi connectivity index (χ1n) is 10.9. The van der Waals surface area contributed by atoms with Crippen LogP contribution in [0.15, 0.2) is 111 Å². The number of anilines is 1. The van der Waals surface area contributed by atoms with Crippen LogP contribution in [0.4, 0.5) is 11.4 Å². The third kappa shape index (κ3) is 4.01. The van der Waals surface area contributed by atoms with E-state index < -0.39 is 0 Å². The van der Waals surface area contributed by atoms with Crippen LogP contribution in [-0.4, -0.2) is 28.6 Å². The van der Waals surface area contributed by atoms with Crippen molar-refractivity contribution in [3.05, 3.63) is 107 Å². The van der Waals surface area contributed by atoms with Crippen LogP contribution in [0, 0.1) is 0 Å². The monoisotopic (exact) mass is 466 g/mol. The number of amidine groups is 1. The minimum atomic E-state index is 0.833. The van der Waals surface area contributed by atoms with Gasteiger partial charge in [-0.3, -0.25) is 4.98 Å². The largest absolute Gasteiger partial charge is 0.342 e. The second-order valence-corrected chi connectivity index (χ2v) is 10.2. The summed E-state index contributed by atoms with van der Waals surface area (Å²) in [7, 11) is 2.16. The lowest BCUT2D eigenvalue weighted by atomic mass is 10.2. The fraction of sp³-hybridized carbons (Fsp3) is 0.111. The first-order valence-corrected chi connectivity index (χ1v) is 12.5. The predicted molar refractivity (Wildman–Crippen MR) is 141 cm³/mol. The van der Waals surface area contributed by atoms with Gasteiger partial charge in [-0.05, 0) is 42.0 Å². The van der Waals surface area contributed by atoms with Gasteiger partial charge < -0.3 is 9.80 Å². The Morgan fingerprint density at radius 2 is 1.76 bits per heavy atom. The number of thioether (sulfide) groups is 2. The highest BCUT2D eigenvalue weighted by atomic mass is 32.2. The average molecular weight is 467 g/mol. The molecule has 0 radical (unpaired) electrons. The zero-order valence-corrected chi connectivity index (χ0v) is 19.8. The van der Waals surface area contributed by atoms with E-state index in [9.17, 15) is 0 Å². The summed E-state index contributed by atoms with van der Waals surface area (Å²) in [6.07, 6.45) is 1.83. The second-order valence-electron chi connectivity index (χ2n) is 8.08. The molecule has 0 saturated carbocycles. The molecule has 0 atom stereocenters. The molecule has 3 heterocycles. The molecule has 0 amide bonds. The molecule has 2 aliphatic rings. The van der Waals surface area contributed by atoms with Crippen LogP contribution in [0.3, 0.4) is 0 Å². The highest BCUT2D eigenvalue weighted by Gasteiger charge is 2.32. The molecule has 33 heavy (non-hydrogen) atoms. The molecule has 6 heteroatoms. The highest BCUT2D eigenvalue weighted by molar-refractivity contribution is 8.18. The molecule has 0 N–H and O–H groups in total. The molecule has 1 saturated heterocycles. The molecular weight excluding hydrogens is 444 g/mol. The molecule has 162 valence electrons. The average Bonchev–Trinajstić information content (AvgIpc) is 3.40. The molecule has 1 aromatic heterocycles. The Labute approximate surface area is 202 Å². The molecule has 0 spiro atoms. The summed E-state index contributed by atoms with van der Waals surface area (Å²) >= 11 is 3.64. The van der Waals surface area contributed by atoms with Crippen molar-refractivity contribution in [2.75, 3.05) is 18.5 Å². The molecule has 6 rings (SSSR count). The molecule has 4 aromatic rings. The zero-order valence-electron chi connectivity index (χ0n) is 18.2. The molecular formula is C27H22N4S2. The Kier molecular flexibility index (Phi) is 5.32. The minimum Gasteiger partial charge on any atom is -0.342 e. The number of hydrogen-bond acceptors (Lipinski definition) is 5. The summed E-state index contributed by atoms with van der Waals surface area (Å²) < 4.78 is 0. The van der Waals surface area contributed by atoms with Crippen molar-refractivity contribution in [3.8, 4) is 0 Å². The number of aliphatic imine (C=N–C) groups is 1. The van der Waals surface area contributed by atoms with E-state index in [1.807, 2.05) is 30.1 Å². The van der Waals surface area contributed by atoms with Gasteiger partial charge in [-0.25, -0.2) is 4.99 Å². The van der Waals surface area contributed by atoms with Crippen LogP contribution in [-0.2, 0) is 6.54 Å². The van der Waals surface area contributed by atoms with Crippen molar-refractivity contribution < 1.29 is 0 Å². The Bertz CT molecular complexity index is 1400. The Morgan fingerprint density at radius 3 is 2.64 bits per heavy atom. The van der Waals surface area contributed by atoms with Crippen LogP contribution in [0.2, 0.25) is 0 Å². The van der Waals surface area contributed by atoms with Crippen molar-refractivity contribution in [1.82, 2.24) is 9.88 Å². The molecule has 1 fully saturated rings. The van der Waals surface area contributed by atoms with E-state index in [1.165, 1.54) is 26.1 Å². The van der Waals surface area contributed by atoms with E-state index >= 15 is 0 Å². The maximum absolute atomic E-state index is 5.10. The SMILES string of the molecule is CN1C(=C2CN(Cc3ccccc3)C(=Nc3ccc4ncccc4c3)S2)Sc2ccccc21. The number of rotatable bonds is 3. The quantitative estimate of drug-likeness (QED) is 0.328. The van der Waals surface area contributed by atoms with Crippen molar-refractivity contribution in [3.63, 3.8) is 0 Å². The summed E-state index contributed by atoms with van der Waals surface area (Å²) in [6.45, 7) is 1.69. The Morgan fingerprint density at radius 1 is 0.909 bits per heavy atom. The number of hydrogen-bond donors (Lipinski definition) is 0. The first kappa shape index (κ1) is 20.4. The Hall–Kier alpha value is -3.22. The number of fused-ring (bicyclic) bond motifs is 2. The molecule has 0 bridgehead atoms. The predicted octanol–water partition coefficient (Wildman–Crippen LogP) is 6.88. The normalized spacial score (nSPS) is 19.0. The highest BCUT2D eigenvalue weighted by Crippen LogP contribution is 2.49. The van der Waals surface area contributed by atoms with E-state index in [0.29, 0.717) is 0 Å². The third-order valence-electron chi connectivity index (χ3n) is 5.82. The standard InChI is InChI=1S/C27H22N4S2/c1-30-23-11-5-6-12-24(23)32-26(30)25-18-31(17-19-8-3-2-4-9-19)27(33-25)29-21-13-14-22-20(16-21)10-7-15-28-22/h2-16H,17-18H2,1H3. The van der Waals surface area contributed by atoms with Gasteiger partial charge in [0.05, 0.1) is 28.5 Å². The summed E-state index contributed by atoms with van der Waals surface area (Å²) in [6, 6.07) is 29.5. The summed E-state index contributed by atoms with van der Waals surface area (Å²) in [5.74, 6) is 0. The lowest BCUT2D eigenvalue weighted by Crippen LogP contribution is -2.23. The van der Waals surface area contributed by atoms with Crippen molar-refractivity contribution in [2.45, 2.75) is 11.4 Å². The van der Waals surface area contributed by atoms with E-state index in [-0.39, 0.29) is 0 Å². The molecule has 2 aliphatic heterocycles. The molecule has 0 unspecified atom stereocenters. The van der Waals surface area contributed by atoms with Gasteiger partial charge in [0.1, 0.15) is 0 Å². The van der Waals surface area contributed by atoms with Gasteiger partial charge in [0.2, 0.25) is 0 Å². The topological polar surface area (TPSA) is 31.7 Å². The van der Waals surface area contributed by atoms with Crippen LogP contribution < -0.4 is 4.90 Å². The van der Waals surface area contributed by atoms with Crippen LogP contribution >= 0.6 is 23.5 Å². The zero-order chi connectivity index (χ0) is 22.2. The van der Waals surface area contributed by atoms with E-state index in [0.717, 1.165) is 34.8 Å². The van der Waals surface area contributed by atoms with Gasteiger partial charge in [-0.2, -0.15) is 0 Å². The van der Waals surface area contributed by atoms with Crippen LogP contribution in [0.1, 0.15) is 5.56 Å². The summed E-state index contributed by atoms with van der Waals surface area (Å²) in [4.78, 5) is 16.9. The summed E-state index contributed by atoms with van der Waals surface area (Å²) in [5, 5.41) is 3.44. The second kappa shape index (κ2) is 8.61. The first-order chi connectivity index (χ1) is 16.2. The van der Waals surface area contributed by atoms with E-state index in [2.05, 4.69) is 94.6 Å². The van der Waals surface area contributed by atoms with Gasteiger partial charge >= 0.3 is 0 Å².